The Bertz CT molecular complexity index is 851. The van der Waals surface area contributed by atoms with Crippen LogP contribution in [-0.4, -0.2) is 22.4 Å². The SMILES string of the molecule is CC1(COc2nccc3c2C(=O)N(Cc2ccc(Br)cc2F)C3)CC1. The lowest BCUT2D eigenvalue weighted by Gasteiger charge is -2.16. The summed E-state index contributed by atoms with van der Waals surface area (Å²) < 4.78 is 20.6. The van der Waals surface area contributed by atoms with Crippen LogP contribution < -0.4 is 4.74 Å². The summed E-state index contributed by atoms with van der Waals surface area (Å²) in [6.07, 6.45) is 3.95. The van der Waals surface area contributed by atoms with Gasteiger partial charge in [-0.2, -0.15) is 0 Å². The van der Waals surface area contributed by atoms with E-state index in [1.165, 1.54) is 6.07 Å². The Labute approximate surface area is 154 Å². The normalized spacial score (nSPS) is 17.6. The Balaban J connectivity index is 1.54. The molecule has 4 rings (SSSR count). The molecule has 1 saturated carbocycles. The van der Waals surface area contributed by atoms with Gasteiger partial charge in [-0.3, -0.25) is 4.79 Å². The number of hydrogen-bond acceptors (Lipinski definition) is 3. The van der Waals surface area contributed by atoms with E-state index in [-0.39, 0.29) is 23.7 Å². The zero-order valence-electron chi connectivity index (χ0n) is 13.9. The van der Waals surface area contributed by atoms with Gasteiger partial charge in [0, 0.05) is 34.7 Å². The smallest absolute Gasteiger partial charge is 0.260 e. The molecule has 0 unspecified atom stereocenters. The molecule has 0 radical (unpaired) electrons. The number of carbonyl (C=O) groups excluding carboxylic acids is 1. The van der Waals surface area contributed by atoms with Crippen molar-refractivity contribution >= 4 is 21.8 Å². The number of benzene rings is 1. The number of hydrogen-bond donors (Lipinski definition) is 0. The Morgan fingerprint density at radius 3 is 2.88 bits per heavy atom. The minimum Gasteiger partial charge on any atom is -0.477 e. The fourth-order valence-electron chi connectivity index (χ4n) is 2.97. The van der Waals surface area contributed by atoms with Gasteiger partial charge in [0.05, 0.1) is 6.61 Å². The summed E-state index contributed by atoms with van der Waals surface area (Å²) in [7, 11) is 0. The van der Waals surface area contributed by atoms with E-state index in [0.717, 1.165) is 18.4 Å². The van der Waals surface area contributed by atoms with Crippen LogP contribution in [0, 0.1) is 11.2 Å². The fourth-order valence-corrected chi connectivity index (χ4v) is 3.30. The highest BCUT2D eigenvalue weighted by Gasteiger charge is 2.39. The summed E-state index contributed by atoms with van der Waals surface area (Å²) in [6, 6.07) is 6.71. The second-order valence-electron chi connectivity index (χ2n) is 7.15. The van der Waals surface area contributed by atoms with Gasteiger partial charge >= 0.3 is 0 Å². The Hall–Kier alpha value is -1.95. The molecule has 6 heteroatoms. The molecule has 1 amide bonds. The van der Waals surface area contributed by atoms with Crippen LogP contribution in [0.3, 0.4) is 0 Å². The van der Waals surface area contributed by atoms with E-state index in [9.17, 15) is 9.18 Å². The zero-order chi connectivity index (χ0) is 17.6. The molecular weight excluding hydrogens is 387 g/mol. The first-order valence-corrected chi connectivity index (χ1v) is 9.08. The molecule has 130 valence electrons. The molecule has 0 bridgehead atoms. The first-order valence-electron chi connectivity index (χ1n) is 8.29. The van der Waals surface area contributed by atoms with Crippen LogP contribution in [0.15, 0.2) is 34.9 Å². The van der Waals surface area contributed by atoms with Gasteiger partial charge < -0.3 is 9.64 Å². The van der Waals surface area contributed by atoms with E-state index in [0.29, 0.717) is 34.6 Å². The van der Waals surface area contributed by atoms with Gasteiger partial charge in [-0.1, -0.05) is 28.9 Å². The number of halogens is 2. The molecule has 1 fully saturated rings. The molecule has 1 aromatic carbocycles. The van der Waals surface area contributed by atoms with Crippen molar-refractivity contribution in [2.45, 2.75) is 32.9 Å². The molecule has 0 N–H and O–H groups in total. The predicted octanol–water partition coefficient (Wildman–Crippen LogP) is 4.32. The lowest BCUT2D eigenvalue weighted by atomic mass is 10.1. The van der Waals surface area contributed by atoms with Gasteiger partial charge in [0.15, 0.2) is 0 Å². The predicted molar refractivity (Wildman–Crippen MR) is 94.8 cm³/mol. The monoisotopic (exact) mass is 404 g/mol. The van der Waals surface area contributed by atoms with Crippen molar-refractivity contribution in [3.63, 3.8) is 0 Å². The maximum Gasteiger partial charge on any atom is 0.260 e. The average molecular weight is 405 g/mol. The average Bonchev–Trinajstić information content (AvgIpc) is 3.23. The van der Waals surface area contributed by atoms with Gasteiger partial charge in [-0.25, -0.2) is 9.37 Å². The summed E-state index contributed by atoms with van der Waals surface area (Å²) in [6.45, 7) is 3.41. The van der Waals surface area contributed by atoms with Crippen LogP contribution in [-0.2, 0) is 13.1 Å². The van der Waals surface area contributed by atoms with Crippen LogP contribution in [0.25, 0.3) is 0 Å². The van der Waals surface area contributed by atoms with Crippen LogP contribution in [0.5, 0.6) is 5.88 Å². The number of rotatable bonds is 5. The Morgan fingerprint density at radius 1 is 1.36 bits per heavy atom. The number of aromatic nitrogens is 1. The summed E-state index contributed by atoms with van der Waals surface area (Å²) in [5.74, 6) is -0.0786. The summed E-state index contributed by atoms with van der Waals surface area (Å²) in [5.41, 5.74) is 2.11. The number of fused-ring (bicyclic) bond motifs is 1. The molecule has 1 aliphatic carbocycles. The molecule has 1 aliphatic heterocycles. The topological polar surface area (TPSA) is 42.4 Å². The fraction of sp³-hybridized carbons (Fsp3) is 0.368. The largest absolute Gasteiger partial charge is 0.477 e. The van der Waals surface area contributed by atoms with Crippen molar-refractivity contribution in [3.8, 4) is 5.88 Å². The van der Waals surface area contributed by atoms with Gasteiger partial charge in [0.2, 0.25) is 5.88 Å². The summed E-state index contributed by atoms with van der Waals surface area (Å²) >= 11 is 3.25. The van der Waals surface area contributed by atoms with Crippen LogP contribution in [0.2, 0.25) is 0 Å². The van der Waals surface area contributed by atoms with E-state index in [1.54, 1.807) is 23.2 Å². The highest BCUT2D eigenvalue weighted by atomic mass is 79.9. The first-order chi connectivity index (χ1) is 12.0. The van der Waals surface area contributed by atoms with Gasteiger partial charge in [-0.05, 0) is 36.6 Å². The molecule has 4 nitrogen and oxygen atoms in total. The van der Waals surface area contributed by atoms with Crippen molar-refractivity contribution in [3.05, 3.63) is 57.4 Å². The summed E-state index contributed by atoms with van der Waals surface area (Å²) in [5, 5.41) is 0. The third-order valence-corrected chi connectivity index (χ3v) is 5.40. The molecular formula is C19H18BrFN2O2. The highest BCUT2D eigenvalue weighted by Crippen LogP contribution is 2.45. The number of ether oxygens (including phenoxy) is 1. The van der Waals surface area contributed by atoms with Crippen molar-refractivity contribution in [2.24, 2.45) is 5.41 Å². The lowest BCUT2D eigenvalue weighted by Crippen LogP contribution is -2.24. The number of amides is 1. The second kappa shape index (κ2) is 6.09. The molecule has 0 atom stereocenters. The Morgan fingerprint density at radius 2 is 2.16 bits per heavy atom. The lowest BCUT2D eigenvalue weighted by molar-refractivity contribution is 0.0760. The Kier molecular flexibility index (Phi) is 4.02. The zero-order valence-corrected chi connectivity index (χ0v) is 15.5. The van der Waals surface area contributed by atoms with Crippen LogP contribution in [0.4, 0.5) is 4.39 Å². The van der Waals surface area contributed by atoms with Crippen molar-refractivity contribution in [1.82, 2.24) is 9.88 Å². The highest BCUT2D eigenvalue weighted by molar-refractivity contribution is 9.10. The standard InChI is InChI=1S/C19H18BrFN2O2/c1-19(5-6-19)11-25-17-16-13(4-7-22-17)10-23(18(16)24)9-12-2-3-14(20)8-15(12)21/h2-4,7-8H,5-6,9-11H2,1H3. The minimum absolute atomic E-state index is 0.152. The van der Waals surface area contributed by atoms with E-state index < -0.39 is 0 Å². The molecule has 0 saturated heterocycles. The number of pyridine rings is 1. The maximum atomic E-state index is 14.1. The quantitative estimate of drug-likeness (QED) is 0.744. The minimum atomic E-state index is -0.325. The van der Waals surface area contributed by atoms with E-state index in [2.05, 4.69) is 27.8 Å². The van der Waals surface area contributed by atoms with Crippen molar-refractivity contribution in [1.29, 1.82) is 0 Å². The third-order valence-electron chi connectivity index (χ3n) is 4.90. The second-order valence-corrected chi connectivity index (χ2v) is 8.06. The van der Waals surface area contributed by atoms with Crippen LogP contribution >= 0.6 is 15.9 Å². The van der Waals surface area contributed by atoms with Crippen molar-refractivity contribution in [2.75, 3.05) is 6.61 Å². The van der Waals surface area contributed by atoms with E-state index in [4.69, 9.17) is 4.74 Å². The van der Waals surface area contributed by atoms with E-state index in [1.807, 2.05) is 6.07 Å². The first kappa shape index (κ1) is 16.5. The number of nitrogens with zero attached hydrogens (tertiary/aromatic N) is 2. The summed E-state index contributed by atoms with van der Waals surface area (Å²) in [4.78, 5) is 18.7. The third kappa shape index (κ3) is 3.27. The van der Waals surface area contributed by atoms with Gasteiger partial charge in [-0.15, -0.1) is 0 Å². The number of carbonyl (C=O) groups is 1. The maximum absolute atomic E-state index is 14.1. The van der Waals surface area contributed by atoms with Crippen molar-refractivity contribution < 1.29 is 13.9 Å². The molecule has 2 heterocycles. The van der Waals surface area contributed by atoms with E-state index >= 15 is 0 Å². The van der Waals surface area contributed by atoms with Gasteiger partial charge in [0.1, 0.15) is 11.4 Å². The van der Waals surface area contributed by atoms with Gasteiger partial charge in [0.25, 0.3) is 5.91 Å². The molecule has 1 aromatic heterocycles. The molecule has 2 aromatic rings. The van der Waals surface area contributed by atoms with Crippen LogP contribution in [0.1, 0.15) is 41.3 Å². The molecule has 0 spiro atoms. The molecule has 25 heavy (non-hydrogen) atoms. The molecule has 2 aliphatic rings.